The first-order valence-electron chi connectivity index (χ1n) is 24.8. The number of quaternary nitrogens is 1. The number of carboxylic acid groups (broad SMARTS) is 1. The van der Waals surface area contributed by atoms with Crippen LogP contribution in [-0.2, 0) is 28.6 Å². The van der Waals surface area contributed by atoms with Crippen LogP contribution in [-0.4, -0.2) is 80.6 Å². The third kappa shape index (κ3) is 42.1. The Bertz CT molecular complexity index is 1180. The van der Waals surface area contributed by atoms with Crippen LogP contribution in [0.4, 0.5) is 0 Å². The summed E-state index contributed by atoms with van der Waals surface area (Å²) in [4.78, 5) is 37.1. The topological polar surface area (TPSA) is 99.1 Å². The van der Waals surface area contributed by atoms with E-state index in [1.54, 1.807) is 0 Å². The minimum absolute atomic E-state index is 0.0562. The number of carbonyl (C=O) groups excluding carboxylic acids is 2. The van der Waals surface area contributed by atoms with Crippen molar-refractivity contribution in [1.29, 1.82) is 0 Å². The Morgan fingerprint density at radius 3 is 1.28 bits per heavy atom. The molecule has 0 saturated carbocycles. The number of hydrogen-bond donors (Lipinski definition) is 1. The molecule has 0 aliphatic rings. The summed E-state index contributed by atoms with van der Waals surface area (Å²) >= 11 is 0. The molecule has 352 valence electrons. The Morgan fingerprint density at radius 1 is 0.492 bits per heavy atom. The average Bonchev–Trinajstić information content (AvgIpc) is 3.22. The molecular formula is C53H94NO7+. The number of aliphatic carboxylic acids is 1. The van der Waals surface area contributed by atoms with Gasteiger partial charge in [-0.2, -0.15) is 0 Å². The predicted molar refractivity (Wildman–Crippen MR) is 257 cm³/mol. The molecular weight excluding hydrogens is 763 g/mol. The van der Waals surface area contributed by atoms with Crippen LogP contribution in [0.15, 0.2) is 60.8 Å². The molecule has 0 aromatic heterocycles. The van der Waals surface area contributed by atoms with E-state index in [1.807, 2.05) is 21.1 Å². The molecule has 0 spiro atoms. The molecule has 0 radical (unpaired) electrons. The predicted octanol–water partition coefficient (Wildman–Crippen LogP) is 14.1. The van der Waals surface area contributed by atoms with Crippen LogP contribution in [0.2, 0.25) is 0 Å². The number of esters is 2. The van der Waals surface area contributed by atoms with Gasteiger partial charge in [0.05, 0.1) is 34.4 Å². The second-order valence-electron chi connectivity index (χ2n) is 17.7. The van der Waals surface area contributed by atoms with Crippen LogP contribution in [0.5, 0.6) is 0 Å². The zero-order chi connectivity index (χ0) is 44.9. The van der Waals surface area contributed by atoms with Gasteiger partial charge in [-0.15, -0.1) is 0 Å². The summed E-state index contributed by atoms with van der Waals surface area (Å²) in [6.45, 7) is 4.52. The second-order valence-corrected chi connectivity index (χ2v) is 17.7. The molecule has 61 heavy (non-hydrogen) atoms. The molecule has 0 heterocycles. The minimum Gasteiger partial charge on any atom is -0.477 e. The number of likely N-dealkylation sites (N-methyl/N-ethyl adjacent to an activating group) is 1. The lowest BCUT2D eigenvalue weighted by Gasteiger charge is -2.31. The largest absolute Gasteiger partial charge is 0.477 e. The molecule has 2 unspecified atom stereocenters. The van der Waals surface area contributed by atoms with E-state index in [-0.39, 0.29) is 36.2 Å². The number of carbonyl (C=O) groups is 3. The lowest BCUT2D eigenvalue weighted by atomic mass is 10.0. The summed E-state index contributed by atoms with van der Waals surface area (Å²) in [6.07, 6.45) is 54.1. The number of rotatable bonds is 44. The zero-order valence-corrected chi connectivity index (χ0v) is 40.1. The summed E-state index contributed by atoms with van der Waals surface area (Å²) in [6, 6.07) is -0.617. The van der Waals surface area contributed by atoms with Gasteiger partial charge in [0.25, 0.3) is 0 Å². The molecule has 0 bridgehead atoms. The number of ether oxygens (including phenoxy) is 3. The van der Waals surface area contributed by atoms with Crippen LogP contribution in [0.3, 0.4) is 0 Å². The SMILES string of the molecule is CC/C=C/C/C=C/C/C=C/CCCCCCCCCCCCCCCC(=O)OC(COCCC(C(=O)O)[N+](C)(C)C)COC(=O)CCCCCCCCC/C=C/C/C=C/CC. The molecule has 0 aliphatic carbocycles. The van der Waals surface area contributed by atoms with Crippen LogP contribution < -0.4 is 0 Å². The van der Waals surface area contributed by atoms with Crippen molar-refractivity contribution in [3.63, 3.8) is 0 Å². The highest BCUT2D eigenvalue weighted by atomic mass is 16.6. The van der Waals surface area contributed by atoms with Crippen molar-refractivity contribution in [3.05, 3.63) is 60.8 Å². The van der Waals surface area contributed by atoms with Crippen molar-refractivity contribution >= 4 is 17.9 Å². The standard InChI is InChI=1S/C53H93NO7/c1-6-8-10-12-14-16-18-20-22-23-24-25-26-27-28-29-30-32-34-36-38-40-42-44-52(56)61-49(47-59-46-45-50(53(57)58)54(3,4)5)48-60-51(55)43-41-39-37-35-33-31-21-19-17-15-13-11-9-7-2/h8-11,14-17,20,22,49-50H,6-7,12-13,18-19,21,23-48H2,1-5H3/p+1/b10-8+,11-9+,16-14+,17-15+,22-20+. The Labute approximate surface area is 375 Å². The smallest absolute Gasteiger partial charge is 0.362 e. The van der Waals surface area contributed by atoms with E-state index in [1.165, 1.54) is 96.3 Å². The first kappa shape index (κ1) is 58.0. The maximum Gasteiger partial charge on any atom is 0.362 e. The van der Waals surface area contributed by atoms with E-state index in [4.69, 9.17) is 14.2 Å². The van der Waals surface area contributed by atoms with Gasteiger partial charge in [0.15, 0.2) is 12.1 Å². The van der Waals surface area contributed by atoms with Gasteiger partial charge in [-0.3, -0.25) is 9.59 Å². The molecule has 8 heteroatoms. The van der Waals surface area contributed by atoms with Crippen LogP contribution >= 0.6 is 0 Å². The molecule has 0 aliphatic heterocycles. The van der Waals surface area contributed by atoms with E-state index in [0.717, 1.165) is 77.0 Å². The minimum atomic E-state index is -0.877. The Kier molecular flexibility index (Phi) is 41.5. The molecule has 8 nitrogen and oxygen atoms in total. The van der Waals surface area contributed by atoms with Crippen molar-refractivity contribution in [2.24, 2.45) is 0 Å². The average molecular weight is 857 g/mol. The van der Waals surface area contributed by atoms with E-state index < -0.39 is 18.1 Å². The van der Waals surface area contributed by atoms with E-state index >= 15 is 0 Å². The molecule has 0 aromatic rings. The second kappa shape index (κ2) is 43.7. The number of nitrogens with zero attached hydrogens (tertiary/aromatic N) is 1. The maximum atomic E-state index is 12.8. The van der Waals surface area contributed by atoms with Crippen molar-refractivity contribution < 1.29 is 38.2 Å². The lowest BCUT2D eigenvalue weighted by molar-refractivity contribution is -0.887. The molecule has 0 fully saturated rings. The monoisotopic (exact) mass is 857 g/mol. The van der Waals surface area contributed by atoms with Crippen molar-refractivity contribution in [3.8, 4) is 0 Å². The molecule has 0 rings (SSSR count). The summed E-state index contributed by atoms with van der Waals surface area (Å²) < 4.78 is 17.3. The Hall–Kier alpha value is -2.97. The Balaban J connectivity index is 4.22. The van der Waals surface area contributed by atoms with Crippen LogP contribution in [0, 0.1) is 0 Å². The summed E-state index contributed by atoms with van der Waals surface area (Å²) in [5.41, 5.74) is 0. The Morgan fingerprint density at radius 2 is 0.869 bits per heavy atom. The fraction of sp³-hybridized carbons (Fsp3) is 0.755. The van der Waals surface area contributed by atoms with Gasteiger partial charge in [-0.1, -0.05) is 177 Å². The zero-order valence-electron chi connectivity index (χ0n) is 40.1. The fourth-order valence-electron chi connectivity index (χ4n) is 7.14. The molecule has 0 amide bonds. The summed E-state index contributed by atoms with van der Waals surface area (Å²) in [7, 11) is 5.53. The van der Waals surface area contributed by atoms with E-state index in [9.17, 15) is 19.5 Å². The van der Waals surface area contributed by atoms with Gasteiger partial charge in [0, 0.05) is 19.3 Å². The number of hydrogen-bond acceptors (Lipinski definition) is 6. The maximum absolute atomic E-state index is 12.8. The van der Waals surface area contributed by atoms with Crippen molar-refractivity contribution in [2.75, 3.05) is 41.0 Å². The first-order chi connectivity index (χ1) is 29.6. The van der Waals surface area contributed by atoms with Gasteiger partial charge in [0.1, 0.15) is 6.61 Å². The fourth-order valence-corrected chi connectivity index (χ4v) is 7.14. The van der Waals surface area contributed by atoms with Gasteiger partial charge in [0.2, 0.25) is 0 Å². The third-order valence-electron chi connectivity index (χ3n) is 10.9. The quantitative estimate of drug-likeness (QED) is 0.0282. The molecule has 2 atom stereocenters. The van der Waals surface area contributed by atoms with Gasteiger partial charge >= 0.3 is 17.9 Å². The third-order valence-corrected chi connectivity index (χ3v) is 10.9. The highest BCUT2D eigenvalue weighted by Crippen LogP contribution is 2.15. The molecule has 0 saturated heterocycles. The van der Waals surface area contributed by atoms with Crippen molar-refractivity contribution in [1.82, 2.24) is 0 Å². The molecule has 0 aromatic carbocycles. The number of carboxylic acids is 1. The number of unbranched alkanes of at least 4 members (excludes halogenated alkanes) is 20. The summed E-state index contributed by atoms with van der Waals surface area (Å²) in [5, 5.41) is 9.64. The normalized spacial score (nSPS) is 13.4. The highest BCUT2D eigenvalue weighted by Gasteiger charge is 2.31. The van der Waals surface area contributed by atoms with E-state index in [0.29, 0.717) is 19.3 Å². The van der Waals surface area contributed by atoms with Crippen LogP contribution in [0.25, 0.3) is 0 Å². The van der Waals surface area contributed by atoms with E-state index in [2.05, 4.69) is 74.6 Å². The lowest BCUT2D eigenvalue weighted by Crippen LogP contribution is -2.50. The highest BCUT2D eigenvalue weighted by molar-refractivity contribution is 5.72. The first-order valence-corrected chi connectivity index (χ1v) is 24.8. The van der Waals surface area contributed by atoms with Gasteiger partial charge < -0.3 is 23.8 Å². The van der Waals surface area contributed by atoms with Gasteiger partial charge in [-0.25, -0.2) is 4.79 Å². The van der Waals surface area contributed by atoms with Gasteiger partial charge in [-0.05, 0) is 70.6 Å². The van der Waals surface area contributed by atoms with Crippen molar-refractivity contribution in [2.45, 2.75) is 219 Å². The van der Waals surface area contributed by atoms with Crippen LogP contribution in [0.1, 0.15) is 206 Å². The number of allylic oxidation sites excluding steroid dienone is 10. The molecule has 1 N–H and O–H groups in total. The summed E-state index contributed by atoms with van der Waals surface area (Å²) in [5.74, 6) is -1.48.